The van der Waals surface area contributed by atoms with Gasteiger partial charge in [0.2, 0.25) is 5.82 Å². The number of unbranched alkanes of at least 4 members (excludes halogenated alkanes) is 1. The average molecular weight is 525 g/mol. The Bertz CT molecular complexity index is 1630. The van der Waals surface area contributed by atoms with Crippen LogP contribution in [0.5, 0.6) is 0 Å². The zero-order valence-electron chi connectivity index (χ0n) is 22.8. The molecular weight excluding hydrogens is 491 g/mol. The van der Waals surface area contributed by atoms with Gasteiger partial charge >= 0.3 is 5.69 Å². The monoisotopic (exact) mass is 524 g/mol. The van der Waals surface area contributed by atoms with E-state index < -0.39 is 5.82 Å². The number of hydrogen-bond acceptors (Lipinski definition) is 4. The molecule has 2 aromatic heterocycles. The standard InChI is InChI=1S/C31H33FN6O/c1-5-6-10-23-20-38(28-26(31(2,3)4)13-9-14-27(28)32)30(39)37(23)19-21-15-17-22(18-16-21)24-11-7-8-12-25(24)29-33-35-36-34-29/h7-9,11-18,20H,5-6,10,19H2,1-4H3,(H,33,34,35,36). The van der Waals surface area contributed by atoms with Gasteiger partial charge in [-0.05, 0) is 51.8 Å². The first-order valence-corrected chi connectivity index (χ1v) is 13.3. The molecule has 0 aliphatic carbocycles. The lowest BCUT2D eigenvalue weighted by molar-refractivity contribution is 0.560. The lowest BCUT2D eigenvalue weighted by Crippen LogP contribution is -2.27. The van der Waals surface area contributed by atoms with Crippen molar-refractivity contribution in [2.24, 2.45) is 0 Å². The van der Waals surface area contributed by atoms with Gasteiger partial charge in [-0.2, -0.15) is 5.21 Å². The molecule has 0 spiro atoms. The molecule has 5 rings (SSSR count). The van der Waals surface area contributed by atoms with Crippen LogP contribution < -0.4 is 5.69 Å². The number of nitrogens with one attached hydrogen (secondary N) is 1. The molecule has 0 saturated carbocycles. The summed E-state index contributed by atoms with van der Waals surface area (Å²) in [6, 6.07) is 21.1. The SMILES string of the molecule is CCCCc1cn(-c2c(F)cccc2C(C)(C)C)c(=O)n1Cc1ccc(-c2ccccc2-c2nn[nH]n2)cc1. The van der Waals surface area contributed by atoms with Crippen LogP contribution in [0.15, 0.2) is 77.7 Å². The van der Waals surface area contributed by atoms with Gasteiger partial charge in [-0.3, -0.25) is 9.13 Å². The first-order chi connectivity index (χ1) is 18.8. The maximum Gasteiger partial charge on any atom is 0.333 e. The number of imidazole rings is 1. The summed E-state index contributed by atoms with van der Waals surface area (Å²) in [6.07, 6.45) is 4.51. The highest BCUT2D eigenvalue weighted by molar-refractivity contribution is 5.80. The summed E-state index contributed by atoms with van der Waals surface area (Å²) in [7, 11) is 0. The van der Waals surface area contributed by atoms with E-state index in [0.29, 0.717) is 18.1 Å². The maximum absolute atomic E-state index is 15.2. The quantitative estimate of drug-likeness (QED) is 0.258. The summed E-state index contributed by atoms with van der Waals surface area (Å²) in [5, 5.41) is 14.5. The molecule has 3 aromatic carbocycles. The largest absolute Gasteiger partial charge is 0.333 e. The maximum atomic E-state index is 15.2. The molecule has 2 heterocycles. The van der Waals surface area contributed by atoms with E-state index in [2.05, 4.69) is 27.5 Å². The summed E-state index contributed by atoms with van der Waals surface area (Å²) in [5.74, 6) is 0.138. The van der Waals surface area contributed by atoms with Crippen molar-refractivity contribution in [3.05, 3.63) is 106 Å². The van der Waals surface area contributed by atoms with Crippen molar-refractivity contribution in [2.45, 2.75) is 58.9 Å². The Hall–Kier alpha value is -4.33. The second-order valence-corrected chi connectivity index (χ2v) is 10.8. The van der Waals surface area contributed by atoms with Gasteiger partial charge in [0.15, 0.2) is 0 Å². The van der Waals surface area contributed by atoms with E-state index in [4.69, 9.17) is 0 Å². The summed E-state index contributed by atoms with van der Waals surface area (Å²) in [4.78, 5) is 13.8. The number of rotatable bonds is 8. The van der Waals surface area contributed by atoms with E-state index in [-0.39, 0.29) is 11.1 Å². The number of aromatic nitrogens is 6. The lowest BCUT2D eigenvalue weighted by atomic mass is 9.85. The summed E-state index contributed by atoms with van der Waals surface area (Å²) in [6.45, 7) is 8.62. The van der Waals surface area contributed by atoms with Crippen molar-refractivity contribution in [3.63, 3.8) is 0 Å². The number of nitrogens with zero attached hydrogens (tertiary/aromatic N) is 5. The van der Waals surface area contributed by atoms with Gasteiger partial charge in [0, 0.05) is 17.5 Å². The predicted molar refractivity (Wildman–Crippen MR) is 151 cm³/mol. The smallest absolute Gasteiger partial charge is 0.292 e. The Morgan fingerprint density at radius 2 is 1.69 bits per heavy atom. The highest BCUT2D eigenvalue weighted by Gasteiger charge is 2.24. The third-order valence-electron chi connectivity index (χ3n) is 7.00. The molecule has 0 saturated heterocycles. The second-order valence-electron chi connectivity index (χ2n) is 10.8. The van der Waals surface area contributed by atoms with E-state index in [1.165, 1.54) is 10.6 Å². The molecule has 0 aliphatic heterocycles. The van der Waals surface area contributed by atoms with Crippen LogP contribution in [0.1, 0.15) is 57.4 Å². The fourth-order valence-electron chi connectivity index (χ4n) is 4.96. The fourth-order valence-corrected chi connectivity index (χ4v) is 4.96. The normalized spacial score (nSPS) is 11.7. The van der Waals surface area contributed by atoms with Crippen LogP contribution in [-0.2, 0) is 18.4 Å². The Labute approximate surface area is 227 Å². The molecule has 0 atom stereocenters. The number of hydrogen-bond donors (Lipinski definition) is 1. The molecule has 5 aromatic rings. The summed E-state index contributed by atoms with van der Waals surface area (Å²) >= 11 is 0. The van der Waals surface area contributed by atoms with Gasteiger partial charge in [0.05, 0.1) is 12.2 Å². The molecule has 200 valence electrons. The molecule has 39 heavy (non-hydrogen) atoms. The molecule has 0 fully saturated rings. The van der Waals surface area contributed by atoms with Crippen LogP contribution >= 0.6 is 0 Å². The molecule has 0 unspecified atom stereocenters. The molecular formula is C31H33FN6O. The van der Waals surface area contributed by atoms with Crippen molar-refractivity contribution < 1.29 is 4.39 Å². The molecule has 0 amide bonds. The zero-order valence-corrected chi connectivity index (χ0v) is 22.8. The fraction of sp³-hybridized carbons (Fsp3) is 0.290. The minimum Gasteiger partial charge on any atom is -0.292 e. The van der Waals surface area contributed by atoms with E-state index in [0.717, 1.165) is 52.8 Å². The zero-order chi connectivity index (χ0) is 27.6. The molecule has 0 aliphatic rings. The van der Waals surface area contributed by atoms with Gasteiger partial charge in [-0.15, -0.1) is 10.2 Å². The van der Waals surface area contributed by atoms with Crippen LogP contribution in [0.4, 0.5) is 4.39 Å². The predicted octanol–water partition coefficient (Wildman–Crippen LogP) is 6.31. The van der Waals surface area contributed by atoms with Crippen LogP contribution in [0, 0.1) is 5.82 Å². The number of tetrazole rings is 1. The van der Waals surface area contributed by atoms with Crippen LogP contribution in [-0.4, -0.2) is 29.8 Å². The summed E-state index contributed by atoms with van der Waals surface area (Å²) in [5.41, 5.74) is 5.35. The first-order valence-electron chi connectivity index (χ1n) is 13.3. The van der Waals surface area contributed by atoms with Crippen LogP contribution in [0.2, 0.25) is 0 Å². The van der Waals surface area contributed by atoms with E-state index >= 15 is 4.39 Å². The Kier molecular flexibility index (Phi) is 7.28. The minimum atomic E-state index is -0.395. The molecule has 8 heteroatoms. The number of halogens is 1. The van der Waals surface area contributed by atoms with Crippen molar-refractivity contribution in [3.8, 4) is 28.2 Å². The minimum absolute atomic E-state index is 0.233. The van der Waals surface area contributed by atoms with Gasteiger partial charge in [0.25, 0.3) is 0 Å². The second kappa shape index (κ2) is 10.8. The topological polar surface area (TPSA) is 81.4 Å². The van der Waals surface area contributed by atoms with Gasteiger partial charge in [-0.1, -0.05) is 94.8 Å². The van der Waals surface area contributed by atoms with E-state index in [1.807, 2.05) is 81.6 Å². The number of aromatic amines is 1. The first kappa shape index (κ1) is 26.3. The Balaban J connectivity index is 1.52. The Morgan fingerprint density at radius 1 is 0.949 bits per heavy atom. The van der Waals surface area contributed by atoms with Crippen LogP contribution in [0.3, 0.4) is 0 Å². The Morgan fingerprint density at radius 3 is 2.36 bits per heavy atom. The summed E-state index contributed by atoms with van der Waals surface area (Å²) < 4.78 is 18.5. The van der Waals surface area contributed by atoms with Gasteiger partial charge in [0.1, 0.15) is 5.82 Å². The molecule has 7 nitrogen and oxygen atoms in total. The molecule has 1 N–H and O–H groups in total. The third-order valence-corrected chi connectivity index (χ3v) is 7.00. The third kappa shape index (κ3) is 5.32. The van der Waals surface area contributed by atoms with Crippen molar-refractivity contribution >= 4 is 0 Å². The van der Waals surface area contributed by atoms with Gasteiger partial charge < -0.3 is 0 Å². The van der Waals surface area contributed by atoms with E-state index in [1.54, 1.807) is 10.6 Å². The lowest BCUT2D eigenvalue weighted by Gasteiger charge is -2.23. The van der Waals surface area contributed by atoms with Gasteiger partial charge in [-0.25, -0.2) is 9.18 Å². The van der Waals surface area contributed by atoms with Crippen molar-refractivity contribution in [1.29, 1.82) is 0 Å². The number of H-pyrrole nitrogens is 1. The highest BCUT2D eigenvalue weighted by atomic mass is 19.1. The molecule has 0 radical (unpaired) electrons. The number of benzene rings is 3. The number of aryl methyl sites for hydroxylation is 1. The van der Waals surface area contributed by atoms with Crippen molar-refractivity contribution in [2.75, 3.05) is 0 Å². The molecule has 0 bridgehead atoms. The van der Waals surface area contributed by atoms with Crippen LogP contribution in [0.25, 0.3) is 28.2 Å². The highest BCUT2D eigenvalue weighted by Crippen LogP contribution is 2.31. The average Bonchev–Trinajstić information content (AvgIpc) is 3.56. The van der Waals surface area contributed by atoms with E-state index in [9.17, 15) is 4.79 Å². The van der Waals surface area contributed by atoms with Crippen molar-refractivity contribution in [1.82, 2.24) is 29.8 Å². The number of para-hydroxylation sites is 1.